The van der Waals surface area contributed by atoms with Gasteiger partial charge in [-0.25, -0.2) is 4.98 Å². The van der Waals surface area contributed by atoms with Crippen LogP contribution in [0.4, 0.5) is 0 Å². The van der Waals surface area contributed by atoms with Gasteiger partial charge in [-0.1, -0.05) is 12.1 Å². The largest absolute Gasteiger partial charge is 0.330 e. The molecule has 0 bridgehead atoms. The Morgan fingerprint density at radius 1 is 1.33 bits per heavy atom. The van der Waals surface area contributed by atoms with E-state index in [9.17, 15) is 0 Å². The van der Waals surface area contributed by atoms with E-state index in [0.717, 1.165) is 17.9 Å². The number of para-hydroxylation sites is 2. The summed E-state index contributed by atoms with van der Waals surface area (Å²) in [5, 5.41) is 3.64. The van der Waals surface area contributed by atoms with Crippen molar-refractivity contribution < 1.29 is 0 Å². The Hall–Kier alpha value is -1.00. The molecule has 0 unspecified atom stereocenters. The highest BCUT2D eigenvalue weighted by Crippen LogP contribution is 2.18. The highest BCUT2D eigenvalue weighted by molar-refractivity contribution is 7.99. The fourth-order valence-electron chi connectivity index (χ4n) is 2.49. The Kier molecular flexibility index (Phi) is 3.57. The smallest absolute Gasteiger partial charge is 0.123 e. The van der Waals surface area contributed by atoms with Crippen molar-refractivity contribution in [3.63, 3.8) is 0 Å². The lowest BCUT2D eigenvalue weighted by Gasteiger charge is -2.22. The summed E-state index contributed by atoms with van der Waals surface area (Å²) in [6.07, 6.45) is 2.57. The molecule has 0 amide bonds. The first-order valence-corrected chi connectivity index (χ1v) is 7.71. The number of hydrogen-bond donors (Lipinski definition) is 1. The average Bonchev–Trinajstić information content (AvgIpc) is 2.75. The lowest BCUT2D eigenvalue weighted by Crippen LogP contribution is -2.32. The van der Waals surface area contributed by atoms with Crippen LogP contribution in [0.3, 0.4) is 0 Å². The predicted molar refractivity (Wildman–Crippen MR) is 77.9 cm³/mol. The van der Waals surface area contributed by atoms with Crippen molar-refractivity contribution >= 4 is 22.8 Å². The monoisotopic (exact) mass is 261 g/mol. The van der Waals surface area contributed by atoms with Gasteiger partial charge in [-0.15, -0.1) is 0 Å². The van der Waals surface area contributed by atoms with Crippen LogP contribution in [0.15, 0.2) is 24.3 Å². The van der Waals surface area contributed by atoms with Crippen LogP contribution in [-0.4, -0.2) is 27.1 Å². The third kappa shape index (κ3) is 2.40. The molecule has 1 aliphatic rings. The minimum absolute atomic E-state index is 0.672. The topological polar surface area (TPSA) is 29.9 Å². The van der Waals surface area contributed by atoms with Gasteiger partial charge in [-0.05, 0) is 36.5 Å². The van der Waals surface area contributed by atoms with Crippen molar-refractivity contribution in [2.24, 2.45) is 7.05 Å². The van der Waals surface area contributed by atoms with E-state index in [4.69, 9.17) is 4.98 Å². The molecule has 1 saturated heterocycles. The molecule has 0 aliphatic carbocycles. The third-order valence-electron chi connectivity index (χ3n) is 3.65. The maximum Gasteiger partial charge on any atom is 0.123 e. The zero-order valence-corrected chi connectivity index (χ0v) is 11.5. The van der Waals surface area contributed by atoms with Crippen molar-refractivity contribution in [3.05, 3.63) is 30.1 Å². The normalized spacial score (nSPS) is 17.4. The van der Waals surface area contributed by atoms with Gasteiger partial charge >= 0.3 is 0 Å². The second-order valence-electron chi connectivity index (χ2n) is 4.84. The first kappa shape index (κ1) is 12.1. The predicted octanol–water partition coefficient (Wildman–Crippen LogP) is 2.56. The summed E-state index contributed by atoms with van der Waals surface area (Å²) in [7, 11) is 2.10. The summed E-state index contributed by atoms with van der Waals surface area (Å²) in [4.78, 5) is 4.69. The Labute approximate surface area is 112 Å². The van der Waals surface area contributed by atoms with Gasteiger partial charge in [-0.2, -0.15) is 11.8 Å². The molecule has 2 heterocycles. The summed E-state index contributed by atoms with van der Waals surface area (Å²) in [5.74, 6) is 3.72. The zero-order valence-electron chi connectivity index (χ0n) is 10.7. The number of aromatic nitrogens is 2. The van der Waals surface area contributed by atoms with Gasteiger partial charge in [0.2, 0.25) is 0 Å². The highest BCUT2D eigenvalue weighted by atomic mass is 32.2. The number of rotatable bonds is 3. The zero-order chi connectivity index (χ0) is 12.4. The highest BCUT2D eigenvalue weighted by Gasteiger charge is 2.14. The van der Waals surface area contributed by atoms with Crippen LogP contribution in [-0.2, 0) is 13.6 Å². The second kappa shape index (κ2) is 5.33. The summed E-state index contributed by atoms with van der Waals surface area (Å²) in [6.45, 7) is 0.876. The molecule has 0 saturated carbocycles. The lowest BCUT2D eigenvalue weighted by molar-refractivity contribution is 0.471. The maximum absolute atomic E-state index is 4.69. The Morgan fingerprint density at radius 3 is 2.89 bits per heavy atom. The maximum atomic E-state index is 4.69. The van der Waals surface area contributed by atoms with Crippen molar-refractivity contribution in [1.82, 2.24) is 14.9 Å². The van der Waals surface area contributed by atoms with Crippen LogP contribution in [0.1, 0.15) is 18.7 Å². The number of aryl methyl sites for hydroxylation is 1. The molecule has 0 atom stereocenters. The van der Waals surface area contributed by atoms with Crippen LogP contribution in [0, 0.1) is 0 Å². The number of nitrogens with one attached hydrogen (secondary N) is 1. The number of benzene rings is 1. The van der Waals surface area contributed by atoms with E-state index in [-0.39, 0.29) is 0 Å². The third-order valence-corrected chi connectivity index (χ3v) is 4.70. The minimum Gasteiger partial charge on any atom is -0.330 e. The Balaban J connectivity index is 1.72. The van der Waals surface area contributed by atoms with Crippen molar-refractivity contribution in [2.75, 3.05) is 11.5 Å². The molecule has 1 aliphatic heterocycles. The fraction of sp³-hybridized carbons (Fsp3) is 0.500. The molecule has 18 heavy (non-hydrogen) atoms. The van der Waals surface area contributed by atoms with Gasteiger partial charge < -0.3 is 9.88 Å². The van der Waals surface area contributed by atoms with Crippen LogP contribution in [0.2, 0.25) is 0 Å². The summed E-state index contributed by atoms with van der Waals surface area (Å²) >= 11 is 2.07. The van der Waals surface area contributed by atoms with Crippen LogP contribution in [0.5, 0.6) is 0 Å². The van der Waals surface area contributed by atoms with Crippen molar-refractivity contribution in [1.29, 1.82) is 0 Å². The number of imidazole rings is 1. The first-order chi connectivity index (χ1) is 8.84. The van der Waals surface area contributed by atoms with Gasteiger partial charge in [0, 0.05) is 13.1 Å². The summed E-state index contributed by atoms with van der Waals surface area (Å²) < 4.78 is 2.19. The van der Waals surface area contributed by atoms with Crippen LogP contribution < -0.4 is 5.32 Å². The molecular formula is C14H19N3S. The average molecular weight is 261 g/mol. The quantitative estimate of drug-likeness (QED) is 0.921. The molecular weight excluding hydrogens is 242 g/mol. The van der Waals surface area contributed by atoms with E-state index in [1.54, 1.807) is 0 Å². The summed E-state index contributed by atoms with van der Waals surface area (Å²) in [5.41, 5.74) is 2.31. The molecule has 0 radical (unpaired) electrons. The van der Waals surface area contributed by atoms with E-state index in [0.29, 0.717) is 6.04 Å². The van der Waals surface area contributed by atoms with Crippen molar-refractivity contribution in [3.8, 4) is 0 Å². The Bertz CT molecular complexity index is 529. The molecule has 1 aromatic carbocycles. The van der Waals surface area contributed by atoms with Gasteiger partial charge in [0.1, 0.15) is 5.82 Å². The number of hydrogen-bond acceptors (Lipinski definition) is 3. The SMILES string of the molecule is Cn1c(CNC2CCSCC2)nc2ccccc21. The molecule has 1 N–H and O–H groups in total. The van der Waals surface area contributed by atoms with Crippen molar-refractivity contribution in [2.45, 2.75) is 25.4 Å². The lowest BCUT2D eigenvalue weighted by atomic mass is 10.1. The van der Waals surface area contributed by atoms with E-state index in [1.165, 1.54) is 29.9 Å². The van der Waals surface area contributed by atoms with Gasteiger partial charge in [0.05, 0.1) is 17.6 Å². The summed E-state index contributed by atoms with van der Waals surface area (Å²) in [6, 6.07) is 9.00. The van der Waals surface area contributed by atoms with E-state index in [2.05, 4.69) is 46.9 Å². The molecule has 2 aromatic rings. The molecule has 3 rings (SSSR count). The number of fused-ring (bicyclic) bond motifs is 1. The fourth-order valence-corrected chi connectivity index (χ4v) is 3.60. The molecule has 3 nitrogen and oxygen atoms in total. The first-order valence-electron chi connectivity index (χ1n) is 6.56. The Morgan fingerprint density at radius 2 is 2.11 bits per heavy atom. The van der Waals surface area contributed by atoms with Crippen LogP contribution in [0.25, 0.3) is 11.0 Å². The van der Waals surface area contributed by atoms with E-state index >= 15 is 0 Å². The minimum atomic E-state index is 0.672. The van der Waals surface area contributed by atoms with Gasteiger partial charge in [-0.3, -0.25) is 0 Å². The standard InChI is InChI=1S/C14H19N3S/c1-17-13-5-3-2-4-12(13)16-14(17)10-15-11-6-8-18-9-7-11/h2-5,11,15H,6-10H2,1H3. The second-order valence-corrected chi connectivity index (χ2v) is 6.07. The molecule has 96 valence electrons. The van der Waals surface area contributed by atoms with Crippen LogP contribution >= 0.6 is 11.8 Å². The molecule has 4 heteroatoms. The van der Waals surface area contributed by atoms with E-state index in [1.807, 2.05) is 6.07 Å². The number of nitrogens with zero attached hydrogens (tertiary/aromatic N) is 2. The van der Waals surface area contributed by atoms with Gasteiger partial charge in [0.15, 0.2) is 0 Å². The molecule has 1 fully saturated rings. The van der Waals surface area contributed by atoms with Gasteiger partial charge in [0.25, 0.3) is 0 Å². The number of thioether (sulfide) groups is 1. The molecule has 0 spiro atoms. The van der Waals surface area contributed by atoms with E-state index < -0.39 is 0 Å². The molecule has 1 aromatic heterocycles.